The van der Waals surface area contributed by atoms with Gasteiger partial charge in [-0.05, 0) is 29.2 Å². The van der Waals surface area contributed by atoms with E-state index < -0.39 is 0 Å². The quantitative estimate of drug-likeness (QED) is 0.629. The van der Waals surface area contributed by atoms with E-state index in [1.54, 1.807) is 0 Å². The maximum Gasteiger partial charge on any atom is 0.233 e. The van der Waals surface area contributed by atoms with E-state index in [1.807, 2.05) is 42.5 Å². The maximum absolute atomic E-state index is 12.6. The number of likely N-dealkylation sites (tertiary alicyclic amines) is 1. The van der Waals surface area contributed by atoms with E-state index in [9.17, 15) is 9.59 Å². The summed E-state index contributed by atoms with van der Waals surface area (Å²) >= 11 is 0. The number of carbonyl (C=O) groups is 2. The van der Waals surface area contributed by atoms with E-state index in [2.05, 4.69) is 12.1 Å². The highest BCUT2D eigenvalue weighted by atomic mass is 16.2. The molecule has 3 heteroatoms. The van der Waals surface area contributed by atoms with Crippen molar-refractivity contribution < 1.29 is 9.59 Å². The number of hydrogen-bond donors (Lipinski definition) is 0. The lowest BCUT2D eigenvalue weighted by molar-refractivity contribution is -0.140. The molecule has 2 aliphatic rings. The molecule has 0 radical (unpaired) electrons. The average Bonchev–Trinajstić information content (AvgIpc) is 2.81. The summed E-state index contributed by atoms with van der Waals surface area (Å²) < 4.78 is 0. The van der Waals surface area contributed by atoms with E-state index in [0.29, 0.717) is 19.4 Å². The van der Waals surface area contributed by atoms with Gasteiger partial charge < -0.3 is 0 Å². The molecule has 1 aliphatic carbocycles. The highest BCUT2D eigenvalue weighted by Crippen LogP contribution is 2.36. The van der Waals surface area contributed by atoms with Gasteiger partial charge in [0.1, 0.15) is 0 Å². The van der Waals surface area contributed by atoms with Crippen molar-refractivity contribution in [2.45, 2.75) is 19.4 Å². The Balaban J connectivity index is 1.68. The summed E-state index contributed by atoms with van der Waals surface area (Å²) in [6.45, 7) is 0.381. The standard InChI is InChI=1S/C19H17NO2/c21-18-16-10-3-4-11-17(16)19(22)20(18)12-14-8-5-7-13-6-1-2-9-15(13)14/h1-9,16-17H,10-12H2/t16-,17-/m1/s1. The Hall–Kier alpha value is -2.42. The molecule has 2 aromatic rings. The highest BCUT2D eigenvalue weighted by Gasteiger charge is 2.46. The monoisotopic (exact) mass is 291 g/mol. The Morgan fingerprint density at radius 2 is 1.50 bits per heavy atom. The van der Waals surface area contributed by atoms with Crippen molar-refractivity contribution in [3.63, 3.8) is 0 Å². The Kier molecular flexibility index (Phi) is 3.07. The fraction of sp³-hybridized carbons (Fsp3) is 0.263. The summed E-state index contributed by atoms with van der Waals surface area (Å²) in [5.74, 6) is -0.306. The van der Waals surface area contributed by atoms with Gasteiger partial charge in [-0.2, -0.15) is 0 Å². The highest BCUT2D eigenvalue weighted by molar-refractivity contribution is 6.05. The Bertz CT molecular complexity index is 762. The third kappa shape index (κ3) is 1.97. The molecule has 0 unspecified atom stereocenters. The van der Waals surface area contributed by atoms with Crippen LogP contribution in [0.15, 0.2) is 54.6 Å². The molecule has 4 rings (SSSR count). The van der Waals surface area contributed by atoms with Crippen LogP contribution in [0.2, 0.25) is 0 Å². The van der Waals surface area contributed by atoms with Crippen molar-refractivity contribution in [1.29, 1.82) is 0 Å². The van der Waals surface area contributed by atoms with Crippen LogP contribution in [0.1, 0.15) is 18.4 Å². The number of carbonyl (C=O) groups excluding carboxylic acids is 2. The van der Waals surface area contributed by atoms with Crippen molar-refractivity contribution in [1.82, 2.24) is 4.90 Å². The summed E-state index contributed by atoms with van der Waals surface area (Å²) in [7, 11) is 0. The smallest absolute Gasteiger partial charge is 0.233 e. The third-order valence-corrected chi connectivity index (χ3v) is 4.81. The van der Waals surface area contributed by atoms with Gasteiger partial charge >= 0.3 is 0 Å². The molecule has 3 nitrogen and oxygen atoms in total. The third-order valence-electron chi connectivity index (χ3n) is 4.81. The van der Waals surface area contributed by atoms with E-state index in [4.69, 9.17) is 0 Å². The number of nitrogens with zero attached hydrogens (tertiary/aromatic N) is 1. The van der Waals surface area contributed by atoms with Gasteiger partial charge in [-0.15, -0.1) is 0 Å². The first kappa shape index (κ1) is 13.3. The van der Waals surface area contributed by atoms with Crippen molar-refractivity contribution in [2.24, 2.45) is 11.8 Å². The van der Waals surface area contributed by atoms with Gasteiger partial charge in [-0.3, -0.25) is 14.5 Å². The van der Waals surface area contributed by atoms with E-state index >= 15 is 0 Å². The van der Waals surface area contributed by atoms with Crippen LogP contribution >= 0.6 is 0 Å². The lowest BCUT2D eigenvalue weighted by Crippen LogP contribution is -2.30. The lowest BCUT2D eigenvalue weighted by atomic mass is 9.85. The summed E-state index contributed by atoms with van der Waals surface area (Å²) in [5, 5.41) is 2.25. The largest absolute Gasteiger partial charge is 0.278 e. The van der Waals surface area contributed by atoms with E-state index in [-0.39, 0.29) is 23.7 Å². The molecule has 0 saturated carbocycles. The molecule has 0 aromatic heterocycles. The van der Waals surface area contributed by atoms with Gasteiger partial charge in [-0.25, -0.2) is 0 Å². The van der Waals surface area contributed by atoms with Gasteiger partial charge in [0.25, 0.3) is 0 Å². The minimum absolute atomic E-state index is 0.00714. The number of amides is 2. The van der Waals surface area contributed by atoms with Crippen LogP contribution in [0, 0.1) is 11.8 Å². The molecular formula is C19H17NO2. The Labute approximate surface area is 129 Å². The zero-order chi connectivity index (χ0) is 15.1. The second-order valence-electron chi connectivity index (χ2n) is 6.06. The number of rotatable bonds is 2. The van der Waals surface area contributed by atoms with E-state index in [0.717, 1.165) is 16.3 Å². The van der Waals surface area contributed by atoms with Crippen molar-refractivity contribution in [3.05, 3.63) is 60.2 Å². The predicted octanol–water partition coefficient (Wildman–Crippen LogP) is 3.29. The molecule has 110 valence electrons. The van der Waals surface area contributed by atoms with E-state index in [1.165, 1.54) is 4.90 Å². The SMILES string of the molecule is O=C1[C@@H]2CC=CC[C@H]2C(=O)N1Cc1cccc2ccccc12. The predicted molar refractivity (Wildman–Crippen MR) is 84.9 cm³/mol. The van der Waals surface area contributed by atoms with Crippen LogP contribution in [0.3, 0.4) is 0 Å². The summed E-state index contributed by atoms with van der Waals surface area (Å²) in [6, 6.07) is 14.1. The molecule has 2 amide bonds. The molecule has 1 fully saturated rings. The van der Waals surface area contributed by atoms with Gasteiger partial charge in [0.15, 0.2) is 0 Å². The molecule has 2 atom stereocenters. The molecule has 0 spiro atoms. The number of allylic oxidation sites excluding steroid dienone is 2. The number of benzene rings is 2. The first-order valence-electron chi connectivity index (χ1n) is 7.72. The van der Waals surface area contributed by atoms with Gasteiger partial charge in [0.05, 0.1) is 18.4 Å². The van der Waals surface area contributed by atoms with Gasteiger partial charge in [0.2, 0.25) is 11.8 Å². The molecule has 22 heavy (non-hydrogen) atoms. The molecular weight excluding hydrogens is 274 g/mol. The number of imide groups is 1. The zero-order valence-electron chi connectivity index (χ0n) is 12.2. The van der Waals surface area contributed by atoms with Crippen molar-refractivity contribution in [3.8, 4) is 0 Å². The maximum atomic E-state index is 12.6. The van der Waals surface area contributed by atoms with Gasteiger partial charge in [-0.1, -0.05) is 54.6 Å². The molecule has 1 saturated heterocycles. The number of hydrogen-bond acceptors (Lipinski definition) is 2. The van der Waals surface area contributed by atoms with Crippen LogP contribution in [-0.4, -0.2) is 16.7 Å². The minimum atomic E-state index is -0.146. The molecule has 0 bridgehead atoms. The van der Waals surface area contributed by atoms with Crippen LogP contribution in [0.5, 0.6) is 0 Å². The topological polar surface area (TPSA) is 37.4 Å². The Morgan fingerprint density at radius 3 is 2.23 bits per heavy atom. The second kappa shape index (κ2) is 5.09. The zero-order valence-corrected chi connectivity index (χ0v) is 12.2. The van der Waals surface area contributed by atoms with Crippen molar-refractivity contribution in [2.75, 3.05) is 0 Å². The van der Waals surface area contributed by atoms with Crippen LogP contribution < -0.4 is 0 Å². The summed E-state index contributed by atoms with van der Waals surface area (Å²) in [4.78, 5) is 26.6. The van der Waals surface area contributed by atoms with Crippen LogP contribution in [0.4, 0.5) is 0 Å². The first-order valence-corrected chi connectivity index (χ1v) is 7.72. The fourth-order valence-corrected chi connectivity index (χ4v) is 3.63. The first-order chi connectivity index (χ1) is 10.8. The molecule has 2 aromatic carbocycles. The average molecular weight is 291 g/mol. The van der Waals surface area contributed by atoms with Crippen LogP contribution in [-0.2, 0) is 16.1 Å². The molecule has 1 heterocycles. The molecule has 0 N–H and O–H groups in total. The molecule has 1 aliphatic heterocycles. The number of fused-ring (bicyclic) bond motifs is 2. The minimum Gasteiger partial charge on any atom is -0.278 e. The Morgan fingerprint density at radius 1 is 0.864 bits per heavy atom. The summed E-state index contributed by atoms with van der Waals surface area (Å²) in [6.07, 6.45) is 5.43. The van der Waals surface area contributed by atoms with Crippen molar-refractivity contribution >= 4 is 22.6 Å². The normalized spacial score (nSPS) is 24.1. The van der Waals surface area contributed by atoms with Crippen LogP contribution in [0.25, 0.3) is 10.8 Å². The second-order valence-corrected chi connectivity index (χ2v) is 6.06. The lowest BCUT2D eigenvalue weighted by Gasteiger charge is -2.16. The van der Waals surface area contributed by atoms with Gasteiger partial charge in [0, 0.05) is 0 Å². The summed E-state index contributed by atoms with van der Waals surface area (Å²) in [5.41, 5.74) is 1.03. The fourth-order valence-electron chi connectivity index (χ4n) is 3.63.